The Morgan fingerprint density at radius 3 is 3.00 bits per heavy atom. The summed E-state index contributed by atoms with van der Waals surface area (Å²) in [6.07, 6.45) is 0. The summed E-state index contributed by atoms with van der Waals surface area (Å²) < 4.78 is 0.711. The van der Waals surface area contributed by atoms with Crippen molar-refractivity contribution < 1.29 is 4.79 Å². The lowest BCUT2D eigenvalue weighted by Gasteiger charge is -2.09. The smallest absolute Gasteiger partial charge is 0.271 e. The van der Waals surface area contributed by atoms with Gasteiger partial charge in [0.05, 0.1) is 9.21 Å². The number of halogens is 1. The summed E-state index contributed by atoms with van der Waals surface area (Å²) >= 11 is 8.74. The van der Waals surface area contributed by atoms with Gasteiger partial charge in [0.25, 0.3) is 5.91 Å². The van der Waals surface area contributed by atoms with Gasteiger partial charge in [-0.2, -0.15) is 0 Å². The maximum absolute atomic E-state index is 11.8. The Morgan fingerprint density at radius 2 is 2.39 bits per heavy atom. The monoisotopic (exact) mass is 301 g/mol. The first-order valence-corrected chi connectivity index (χ1v) is 7.39. The van der Waals surface area contributed by atoms with E-state index in [1.54, 1.807) is 5.38 Å². The van der Waals surface area contributed by atoms with Gasteiger partial charge in [-0.05, 0) is 19.1 Å². The average Bonchev–Trinajstić information content (AvgIpc) is 2.96. The third-order valence-corrected chi connectivity index (χ3v) is 4.49. The number of nitrogens with two attached hydrogens (primary N) is 1. The number of carbonyl (C=O) groups excluding carboxylic acids is 1. The molecule has 1 amide bonds. The second kappa shape index (κ2) is 5.79. The van der Waals surface area contributed by atoms with Gasteiger partial charge in [-0.3, -0.25) is 4.79 Å². The molecule has 2 rings (SSSR count). The molecule has 0 saturated carbocycles. The van der Waals surface area contributed by atoms with Gasteiger partial charge < -0.3 is 11.1 Å². The third-order valence-electron chi connectivity index (χ3n) is 2.25. The van der Waals surface area contributed by atoms with Crippen LogP contribution in [0, 0.1) is 0 Å². The number of thiazole rings is 1. The van der Waals surface area contributed by atoms with Crippen LogP contribution in [0.1, 0.15) is 17.4 Å². The Kier molecular flexibility index (Phi) is 4.34. The van der Waals surface area contributed by atoms with Crippen LogP contribution in [0.25, 0.3) is 9.88 Å². The summed E-state index contributed by atoms with van der Waals surface area (Å²) in [6, 6.07) is 3.66. The van der Waals surface area contributed by atoms with E-state index in [1.165, 1.54) is 22.7 Å². The predicted molar refractivity (Wildman–Crippen MR) is 76.4 cm³/mol. The molecule has 0 spiro atoms. The second-order valence-corrected chi connectivity index (χ2v) is 6.33. The van der Waals surface area contributed by atoms with Crippen LogP contribution >= 0.6 is 34.3 Å². The van der Waals surface area contributed by atoms with E-state index >= 15 is 0 Å². The molecule has 3 N–H and O–H groups in total. The summed E-state index contributed by atoms with van der Waals surface area (Å²) in [5.41, 5.74) is 5.87. The lowest BCUT2D eigenvalue weighted by Crippen LogP contribution is -2.37. The van der Waals surface area contributed by atoms with E-state index in [4.69, 9.17) is 17.3 Å². The largest absolute Gasteiger partial charge is 0.347 e. The molecular weight excluding hydrogens is 290 g/mol. The summed E-state index contributed by atoms with van der Waals surface area (Å²) in [5.74, 6) is -0.196. The summed E-state index contributed by atoms with van der Waals surface area (Å²) in [6.45, 7) is 2.26. The first-order valence-electron chi connectivity index (χ1n) is 5.32. The Hall–Kier alpha value is -0.950. The van der Waals surface area contributed by atoms with Crippen LogP contribution in [0.15, 0.2) is 17.5 Å². The Bertz CT molecular complexity index is 552. The van der Waals surface area contributed by atoms with E-state index in [9.17, 15) is 4.79 Å². The molecule has 0 saturated heterocycles. The molecule has 0 bridgehead atoms. The number of amides is 1. The van der Waals surface area contributed by atoms with Crippen LogP contribution in [0.4, 0.5) is 0 Å². The number of nitrogens with zero attached hydrogens (tertiary/aromatic N) is 1. The van der Waals surface area contributed by atoms with E-state index in [2.05, 4.69) is 10.3 Å². The van der Waals surface area contributed by atoms with Gasteiger partial charge in [0.15, 0.2) is 0 Å². The van der Waals surface area contributed by atoms with Crippen molar-refractivity contribution in [3.63, 3.8) is 0 Å². The second-order valence-electron chi connectivity index (χ2n) is 3.75. The Balaban J connectivity index is 2.13. The third kappa shape index (κ3) is 3.08. The summed E-state index contributed by atoms with van der Waals surface area (Å²) in [5, 5.41) is 5.31. The fourth-order valence-corrected chi connectivity index (χ4v) is 3.19. The number of nitrogens with one attached hydrogen (secondary N) is 1. The van der Waals surface area contributed by atoms with Gasteiger partial charge in [-0.1, -0.05) is 11.6 Å². The molecule has 7 heteroatoms. The molecular formula is C11H12ClN3OS2. The first-order chi connectivity index (χ1) is 8.60. The van der Waals surface area contributed by atoms with Crippen molar-refractivity contribution in [2.45, 2.75) is 13.0 Å². The van der Waals surface area contributed by atoms with Crippen LogP contribution in [0.5, 0.6) is 0 Å². The van der Waals surface area contributed by atoms with Crippen molar-refractivity contribution in [3.05, 3.63) is 27.5 Å². The zero-order valence-electron chi connectivity index (χ0n) is 9.64. The standard InChI is InChI=1S/C11H12ClN3OS2/c1-6(4-13)14-10(16)7-5-17-11(15-7)8-2-3-9(12)18-8/h2-3,5-6H,4,13H2,1H3,(H,14,16)/t6-/m0/s1. The molecule has 1 atom stereocenters. The molecule has 2 aromatic rings. The van der Waals surface area contributed by atoms with Crippen molar-refractivity contribution in [3.8, 4) is 9.88 Å². The number of rotatable bonds is 4. The lowest BCUT2D eigenvalue weighted by atomic mass is 10.3. The highest BCUT2D eigenvalue weighted by atomic mass is 35.5. The number of hydrogen-bond donors (Lipinski definition) is 2. The number of hydrogen-bond acceptors (Lipinski definition) is 5. The molecule has 0 radical (unpaired) electrons. The molecule has 0 aromatic carbocycles. The molecule has 96 valence electrons. The zero-order chi connectivity index (χ0) is 13.1. The van der Waals surface area contributed by atoms with Crippen molar-refractivity contribution in [1.29, 1.82) is 0 Å². The molecule has 2 aromatic heterocycles. The van der Waals surface area contributed by atoms with Gasteiger partial charge in [0.2, 0.25) is 0 Å². The number of aromatic nitrogens is 1. The first kappa shape index (κ1) is 13.5. The minimum atomic E-state index is -0.196. The highest BCUT2D eigenvalue weighted by Crippen LogP contribution is 2.32. The summed E-state index contributed by atoms with van der Waals surface area (Å²) in [4.78, 5) is 17.1. The summed E-state index contributed by atoms with van der Waals surface area (Å²) in [7, 11) is 0. The van der Waals surface area contributed by atoms with Crippen LogP contribution in [0.2, 0.25) is 4.34 Å². The minimum Gasteiger partial charge on any atom is -0.347 e. The minimum absolute atomic E-state index is 0.0566. The molecule has 0 aliphatic carbocycles. The average molecular weight is 302 g/mol. The fraction of sp³-hybridized carbons (Fsp3) is 0.273. The highest BCUT2D eigenvalue weighted by Gasteiger charge is 2.14. The van der Waals surface area contributed by atoms with Gasteiger partial charge >= 0.3 is 0 Å². The Labute approximate surface area is 118 Å². The topological polar surface area (TPSA) is 68.0 Å². The predicted octanol–water partition coefficient (Wildman–Crippen LogP) is 2.60. The maximum atomic E-state index is 11.8. The molecule has 0 aliphatic heterocycles. The zero-order valence-corrected chi connectivity index (χ0v) is 12.0. The quantitative estimate of drug-likeness (QED) is 0.912. The van der Waals surface area contributed by atoms with Crippen LogP contribution in [-0.2, 0) is 0 Å². The lowest BCUT2D eigenvalue weighted by molar-refractivity contribution is 0.0937. The molecule has 0 unspecified atom stereocenters. The molecule has 18 heavy (non-hydrogen) atoms. The van der Waals surface area contributed by atoms with Crippen LogP contribution < -0.4 is 11.1 Å². The van der Waals surface area contributed by atoms with Crippen molar-refractivity contribution >= 4 is 40.2 Å². The SMILES string of the molecule is C[C@@H](CN)NC(=O)c1csc(-c2ccc(Cl)s2)n1. The number of carbonyl (C=O) groups is 1. The van der Waals surface area contributed by atoms with E-state index in [0.717, 1.165) is 9.88 Å². The van der Waals surface area contributed by atoms with Crippen LogP contribution in [-0.4, -0.2) is 23.5 Å². The van der Waals surface area contributed by atoms with E-state index < -0.39 is 0 Å². The highest BCUT2D eigenvalue weighted by molar-refractivity contribution is 7.23. The molecule has 0 fully saturated rings. The van der Waals surface area contributed by atoms with Gasteiger partial charge in [-0.25, -0.2) is 4.98 Å². The molecule has 0 aliphatic rings. The van der Waals surface area contributed by atoms with Crippen molar-refractivity contribution in [2.24, 2.45) is 5.73 Å². The van der Waals surface area contributed by atoms with Crippen LogP contribution in [0.3, 0.4) is 0 Å². The Morgan fingerprint density at radius 1 is 1.61 bits per heavy atom. The molecule has 4 nitrogen and oxygen atoms in total. The van der Waals surface area contributed by atoms with Crippen molar-refractivity contribution in [1.82, 2.24) is 10.3 Å². The normalized spacial score (nSPS) is 12.4. The van der Waals surface area contributed by atoms with Gasteiger partial charge in [0.1, 0.15) is 10.7 Å². The van der Waals surface area contributed by atoms with Gasteiger partial charge in [0, 0.05) is 18.0 Å². The van der Waals surface area contributed by atoms with E-state index in [-0.39, 0.29) is 11.9 Å². The van der Waals surface area contributed by atoms with E-state index in [1.807, 2.05) is 19.1 Å². The van der Waals surface area contributed by atoms with Crippen molar-refractivity contribution in [2.75, 3.05) is 6.54 Å². The number of thiophene rings is 1. The molecule has 2 heterocycles. The fourth-order valence-electron chi connectivity index (χ4n) is 1.28. The maximum Gasteiger partial charge on any atom is 0.271 e. The van der Waals surface area contributed by atoms with Gasteiger partial charge in [-0.15, -0.1) is 22.7 Å². The van der Waals surface area contributed by atoms with E-state index in [0.29, 0.717) is 16.6 Å².